The number of piperazine rings is 1. The van der Waals surface area contributed by atoms with Crippen LogP contribution in [0.1, 0.15) is 13.8 Å². The van der Waals surface area contributed by atoms with Crippen LogP contribution in [-0.4, -0.2) is 67.5 Å². The number of carboxylic acid groups (broad SMARTS) is 1. The van der Waals surface area contributed by atoms with E-state index in [9.17, 15) is 13.2 Å². The molecule has 0 aliphatic carbocycles. The van der Waals surface area contributed by atoms with Gasteiger partial charge in [-0.3, -0.25) is 9.69 Å². The Morgan fingerprint density at radius 1 is 1.35 bits per heavy atom. The Morgan fingerprint density at radius 3 is 2.29 bits per heavy atom. The zero-order valence-corrected chi connectivity index (χ0v) is 10.9. The Hall–Kier alpha value is -0.700. The molecule has 0 saturated carbocycles. The van der Waals surface area contributed by atoms with E-state index in [1.807, 2.05) is 0 Å². The van der Waals surface area contributed by atoms with E-state index >= 15 is 0 Å². The van der Waals surface area contributed by atoms with E-state index in [1.54, 1.807) is 18.7 Å². The van der Waals surface area contributed by atoms with Crippen LogP contribution in [0.2, 0.25) is 0 Å². The highest BCUT2D eigenvalue weighted by Crippen LogP contribution is 2.09. The van der Waals surface area contributed by atoms with Gasteiger partial charge in [0, 0.05) is 32.7 Å². The normalized spacial score (nSPS) is 21.3. The summed E-state index contributed by atoms with van der Waals surface area (Å²) in [5, 5.41) is 8.86. The van der Waals surface area contributed by atoms with E-state index in [0.29, 0.717) is 32.7 Å². The minimum Gasteiger partial charge on any atom is -0.480 e. The first-order valence-corrected chi connectivity index (χ1v) is 7.04. The number of carboxylic acids is 1. The van der Waals surface area contributed by atoms with Crippen molar-refractivity contribution in [3.05, 3.63) is 0 Å². The van der Waals surface area contributed by atoms with E-state index in [0.717, 1.165) is 0 Å². The quantitative estimate of drug-likeness (QED) is 0.661. The van der Waals surface area contributed by atoms with Gasteiger partial charge in [0.05, 0.1) is 0 Å². The molecule has 0 aromatic heterocycles. The topological polar surface area (TPSA) is 90.0 Å². The maximum Gasteiger partial charge on any atom is 0.320 e. The molecule has 17 heavy (non-hydrogen) atoms. The van der Waals surface area contributed by atoms with Crippen molar-refractivity contribution >= 4 is 16.2 Å². The van der Waals surface area contributed by atoms with E-state index in [1.165, 1.54) is 4.31 Å². The highest BCUT2D eigenvalue weighted by molar-refractivity contribution is 7.87. The molecule has 1 saturated heterocycles. The van der Waals surface area contributed by atoms with Gasteiger partial charge in [-0.1, -0.05) is 6.92 Å². The molecule has 1 atom stereocenters. The van der Waals surface area contributed by atoms with Gasteiger partial charge < -0.3 is 5.11 Å². The predicted octanol–water partition coefficient (Wildman–Crippen LogP) is -1.07. The van der Waals surface area contributed by atoms with E-state index in [-0.39, 0.29) is 0 Å². The molecular formula is C9H19N3O4S. The van der Waals surface area contributed by atoms with Crippen molar-refractivity contribution in [2.75, 3.05) is 32.7 Å². The Kier molecular flexibility index (Phi) is 4.87. The van der Waals surface area contributed by atoms with Crippen molar-refractivity contribution in [1.29, 1.82) is 0 Å². The zero-order chi connectivity index (χ0) is 13.1. The lowest BCUT2D eigenvalue weighted by molar-refractivity contribution is -0.143. The predicted molar refractivity (Wildman–Crippen MR) is 62.8 cm³/mol. The third-order valence-corrected chi connectivity index (χ3v) is 4.54. The Morgan fingerprint density at radius 2 is 1.88 bits per heavy atom. The lowest BCUT2D eigenvalue weighted by Gasteiger charge is -2.35. The number of hydrogen-bond acceptors (Lipinski definition) is 4. The summed E-state index contributed by atoms with van der Waals surface area (Å²) in [5.41, 5.74) is 0. The number of aliphatic carboxylic acids is 1. The van der Waals surface area contributed by atoms with Crippen LogP contribution < -0.4 is 4.72 Å². The molecule has 1 aliphatic rings. The molecule has 1 heterocycles. The molecule has 0 bridgehead atoms. The monoisotopic (exact) mass is 265 g/mol. The number of hydrogen-bond donors (Lipinski definition) is 2. The average molecular weight is 265 g/mol. The van der Waals surface area contributed by atoms with Crippen LogP contribution in [0, 0.1) is 0 Å². The van der Waals surface area contributed by atoms with Gasteiger partial charge in [-0.25, -0.2) is 4.72 Å². The summed E-state index contributed by atoms with van der Waals surface area (Å²) in [6.07, 6.45) is 0. The fourth-order valence-corrected chi connectivity index (χ4v) is 2.95. The molecule has 0 radical (unpaired) electrons. The van der Waals surface area contributed by atoms with Crippen LogP contribution in [0.3, 0.4) is 0 Å². The lowest BCUT2D eigenvalue weighted by atomic mass is 10.2. The summed E-state index contributed by atoms with van der Waals surface area (Å²) in [6.45, 7) is 5.22. The summed E-state index contributed by atoms with van der Waals surface area (Å²) >= 11 is 0. The highest BCUT2D eigenvalue weighted by atomic mass is 32.2. The molecule has 1 unspecified atom stereocenters. The van der Waals surface area contributed by atoms with Gasteiger partial charge in [-0.05, 0) is 6.92 Å². The molecule has 1 fully saturated rings. The lowest BCUT2D eigenvalue weighted by Crippen LogP contribution is -2.55. The molecule has 8 heteroatoms. The number of nitrogens with zero attached hydrogens (tertiary/aromatic N) is 2. The van der Waals surface area contributed by atoms with Crippen molar-refractivity contribution in [2.45, 2.75) is 19.9 Å². The second kappa shape index (κ2) is 5.76. The summed E-state index contributed by atoms with van der Waals surface area (Å²) in [5.74, 6) is -0.881. The number of rotatable bonds is 5. The van der Waals surface area contributed by atoms with Crippen LogP contribution in [-0.2, 0) is 15.0 Å². The number of nitrogens with one attached hydrogen (secondary N) is 1. The van der Waals surface area contributed by atoms with Gasteiger partial charge in [0.2, 0.25) is 0 Å². The molecule has 0 spiro atoms. The Bertz CT molecular complexity index is 362. The second-order valence-corrected chi connectivity index (χ2v) is 5.71. The summed E-state index contributed by atoms with van der Waals surface area (Å²) in [7, 11) is -3.39. The summed E-state index contributed by atoms with van der Waals surface area (Å²) in [4.78, 5) is 12.6. The average Bonchev–Trinajstić information content (AvgIpc) is 2.28. The van der Waals surface area contributed by atoms with E-state index in [2.05, 4.69) is 4.72 Å². The smallest absolute Gasteiger partial charge is 0.320 e. The second-order valence-electron chi connectivity index (χ2n) is 3.95. The molecule has 0 amide bonds. The first-order chi connectivity index (χ1) is 7.88. The third-order valence-electron chi connectivity index (χ3n) is 2.84. The van der Waals surface area contributed by atoms with Crippen LogP contribution in [0.25, 0.3) is 0 Å². The highest BCUT2D eigenvalue weighted by Gasteiger charge is 2.30. The van der Waals surface area contributed by atoms with Crippen molar-refractivity contribution in [2.24, 2.45) is 0 Å². The molecule has 7 nitrogen and oxygen atoms in total. The first-order valence-electron chi connectivity index (χ1n) is 5.60. The van der Waals surface area contributed by atoms with E-state index < -0.39 is 22.2 Å². The van der Waals surface area contributed by atoms with Crippen molar-refractivity contribution in [3.63, 3.8) is 0 Å². The van der Waals surface area contributed by atoms with Crippen LogP contribution in [0.5, 0.6) is 0 Å². The molecule has 2 N–H and O–H groups in total. The van der Waals surface area contributed by atoms with Gasteiger partial charge in [0.1, 0.15) is 6.04 Å². The van der Waals surface area contributed by atoms with Gasteiger partial charge in [0.15, 0.2) is 0 Å². The number of carbonyl (C=O) groups is 1. The molecule has 1 rings (SSSR count). The van der Waals surface area contributed by atoms with Gasteiger partial charge in [-0.15, -0.1) is 0 Å². The van der Waals surface area contributed by atoms with Gasteiger partial charge in [0.25, 0.3) is 10.2 Å². The third kappa shape index (κ3) is 3.63. The maximum absolute atomic E-state index is 11.7. The van der Waals surface area contributed by atoms with Crippen LogP contribution in [0.15, 0.2) is 0 Å². The first kappa shape index (κ1) is 14.4. The molecular weight excluding hydrogens is 246 g/mol. The minimum atomic E-state index is -3.39. The van der Waals surface area contributed by atoms with Gasteiger partial charge in [-0.2, -0.15) is 12.7 Å². The molecule has 0 aromatic rings. The fraction of sp³-hybridized carbons (Fsp3) is 0.889. The summed E-state index contributed by atoms with van der Waals surface area (Å²) < 4.78 is 27.1. The van der Waals surface area contributed by atoms with Crippen LogP contribution >= 0.6 is 0 Å². The zero-order valence-electron chi connectivity index (χ0n) is 10.1. The molecule has 0 aromatic carbocycles. The van der Waals surface area contributed by atoms with Crippen LogP contribution in [0.4, 0.5) is 0 Å². The molecule has 1 aliphatic heterocycles. The van der Waals surface area contributed by atoms with E-state index in [4.69, 9.17) is 5.11 Å². The standard InChI is InChI=1S/C9H19N3O4S/c1-3-10-17(15,16)12-6-4-11(5-7-12)8(2)9(13)14/h8,10H,3-7H2,1-2H3,(H,13,14). The summed E-state index contributed by atoms with van der Waals surface area (Å²) in [6, 6.07) is -0.570. The van der Waals surface area contributed by atoms with Gasteiger partial charge >= 0.3 is 5.97 Å². The SMILES string of the molecule is CCNS(=O)(=O)N1CCN(C(C)C(=O)O)CC1. The van der Waals surface area contributed by atoms with Crippen molar-refractivity contribution in [1.82, 2.24) is 13.9 Å². The van der Waals surface area contributed by atoms with Crippen molar-refractivity contribution < 1.29 is 18.3 Å². The molecule has 100 valence electrons. The fourth-order valence-electron chi connectivity index (χ4n) is 1.76. The largest absolute Gasteiger partial charge is 0.480 e. The Balaban J connectivity index is 2.54. The maximum atomic E-state index is 11.7. The minimum absolute atomic E-state index is 0.326. The Labute approximate surface area is 102 Å². The van der Waals surface area contributed by atoms with Crippen molar-refractivity contribution in [3.8, 4) is 0 Å².